The number of allylic oxidation sites excluding steroid dienone is 1. The van der Waals surface area contributed by atoms with Crippen molar-refractivity contribution in [2.75, 3.05) is 6.61 Å². The van der Waals surface area contributed by atoms with Crippen molar-refractivity contribution in [2.45, 2.75) is 96.6 Å². The molecule has 202 valence electrons. The third-order valence-corrected chi connectivity index (χ3v) is 11.2. The Morgan fingerprint density at radius 1 is 1.08 bits per heavy atom. The number of hydrogen-bond acceptors (Lipinski definition) is 8. The van der Waals surface area contributed by atoms with Gasteiger partial charge in [-0.15, -0.1) is 0 Å². The Labute approximate surface area is 238 Å². The van der Waals surface area contributed by atoms with Crippen molar-refractivity contribution >= 4 is 10.4 Å². The topological polar surface area (TPSA) is 147 Å². The SMILES string of the molecule is CC(/C=C/[C@@H](C)[C@H]1C[C@H](O)[C@H]2[C@@H]3C[C@@H](O)[C@@]4(O)C[C@@H](O)CC[C@]4(C)C3CC[C@@]21C)COS(=O)(=O)[O-].[Na+]. The fourth-order valence-electron chi connectivity index (χ4n) is 8.94. The molecule has 4 aliphatic carbocycles. The minimum Gasteiger partial charge on any atom is -0.726 e. The van der Waals surface area contributed by atoms with Crippen LogP contribution in [0.4, 0.5) is 0 Å². The Hall–Kier alpha value is 0.450. The van der Waals surface area contributed by atoms with Gasteiger partial charge < -0.3 is 25.0 Å². The second kappa shape index (κ2) is 10.8. The van der Waals surface area contributed by atoms with Crippen LogP contribution in [0.3, 0.4) is 0 Å². The predicted octanol–water partition coefficient (Wildman–Crippen LogP) is -0.628. The maximum Gasteiger partial charge on any atom is 1.00 e. The molecule has 4 rings (SSSR count). The van der Waals surface area contributed by atoms with E-state index in [1.165, 1.54) is 0 Å². The Bertz CT molecular complexity index is 929. The van der Waals surface area contributed by atoms with E-state index in [9.17, 15) is 33.4 Å². The zero-order valence-corrected chi connectivity index (χ0v) is 25.2. The minimum atomic E-state index is -4.71. The first kappa shape index (κ1) is 31.0. The summed E-state index contributed by atoms with van der Waals surface area (Å²) in [6.07, 6.45) is 6.36. The van der Waals surface area contributed by atoms with Gasteiger partial charge in [-0.3, -0.25) is 4.18 Å². The third-order valence-electron chi connectivity index (χ3n) is 10.7. The quantitative estimate of drug-likeness (QED) is 0.151. The van der Waals surface area contributed by atoms with Crippen LogP contribution in [0.1, 0.15) is 72.6 Å². The molecule has 0 aromatic carbocycles. The van der Waals surface area contributed by atoms with Crippen LogP contribution in [0, 0.1) is 46.3 Å². The molecule has 0 aromatic heterocycles. The summed E-state index contributed by atoms with van der Waals surface area (Å²) in [4.78, 5) is 0. The maximum atomic E-state index is 11.6. The molecule has 0 radical (unpaired) electrons. The van der Waals surface area contributed by atoms with E-state index in [-0.39, 0.29) is 83.5 Å². The first-order chi connectivity index (χ1) is 16.1. The van der Waals surface area contributed by atoms with Crippen LogP contribution in [-0.2, 0) is 14.6 Å². The fraction of sp³-hybridized carbons (Fsp3) is 0.923. The molecular weight excluding hydrogens is 495 g/mol. The largest absolute Gasteiger partial charge is 1.00 e. The summed E-state index contributed by atoms with van der Waals surface area (Å²) in [7, 11) is -4.71. The zero-order valence-electron chi connectivity index (χ0n) is 22.3. The average Bonchev–Trinajstić information content (AvgIpc) is 3.03. The summed E-state index contributed by atoms with van der Waals surface area (Å²) >= 11 is 0. The predicted molar refractivity (Wildman–Crippen MR) is 129 cm³/mol. The van der Waals surface area contributed by atoms with Crippen molar-refractivity contribution in [3.8, 4) is 0 Å². The fourth-order valence-corrected chi connectivity index (χ4v) is 9.32. The summed E-state index contributed by atoms with van der Waals surface area (Å²) < 4.78 is 36.6. The molecule has 4 fully saturated rings. The van der Waals surface area contributed by atoms with Crippen LogP contribution in [0.5, 0.6) is 0 Å². The number of aliphatic hydroxyl groups is 4. The number of aliphatic hydroxyl groups excluding tert-OH is 3. The minimum absolute atomic E-state index is 0. The molecule has 4 saturated carbocycles. The number of hydrogen-bond donors (Lipinski definition) is 4. The molecule has 0 spiro atoms. The molecule has 2 unspecified atom stereocenters. The molecule has 8 nitrogen and oxygen atoms in total. The van der Waals surface area contributed by atoms with Crippen molar-refractivity contribution < 1.29 is 67.1 Å². The van der Waals surface area contributed by atoms with Crippen molar-refractivity contribution in [3.05, 3.63) is 12.2 Å². The smallest absolute Gasteiger partial charge is 0.726 e. The second-order valence-corrected chi connectivity index (χ2v) is 13.7. The van der Waals surface area contributed by atoms with E-state index in [1.54, 1.807) is 6.92 Å². The molecule has 0 aromatic rings. The van der Waals surface area contributed by atoms with Gasteiger partial charge in [-0.25, -0.2) is 8.42 Å². The van der Waals surface area contributed by atoms with Gasteiger partial charge in [0.25, 0.3) is 0 Å². The van der Waals surface area contributed by atoms with E-state index in [2.05, 4.69) is 25.0 Å². The van der Waals surface area contributed by atoms with Gasteiger partial charge in [0, 0.05) is 11.8 Å². The summed E-state index contributed by atoms with van der Waals surface area (Å²) in [6.45, 7) is 8.05. The van der Waals surface area contributed by atoms with Crippen LogP contribution >= 0.6 is 0 Å². The first-order valence-corrected chi connectivity index (χ1v) is 14.5. The number of fused-ring (bicyclic) bond motifs is 5. The van der Waals surface area contributed by atoms with Gasteiger partial charge in [0.2, 0.25) is 10.4 Å². The third kappa shape index (κ3) is 5.28. The molecule has 4 aliphatic rings. The van der Waals surface area contributed by atoms with Crippen LogP contribution in [0.15, 0.2) is 12.2 Å². The van der Waals surface area contributed by atoms with Gasteiger partial charge in [0.1, 0.15) is 0 Å². The maximum absolute atomic E-state index is 11.6. The molecule has 0 heterocycles. The van der Waals surface area contributed by atoms with Crippen LogP contribution < -0.4 is 29.6 Å². The van der Waals surface area contributed by atoms with Crippen LogP contribution in [0.25, 0.3) is 0 Å². The molecule has 12 atom stereocenters. The first-order valence-electron chi connectivity index (χ1n) is 13.2. The van der Waals surface area contributed by atoms with Crippen LogP contribution in [0.2, 0.25) is 0 Å². The summed E-state index contributed by atoms with van der Waals surface area (Å²) in [5.74, 6) is 0.432. The van der Waals surface area contributed by atoms with Gasteiger partial charge in [-0.1, -0.05) is 39.8 Å². The number of rotatable bonds is 6. The van der Waals surface area contributed by atoms with E-state index in [0.29, 0.717) is 25.7 Å². The Morgan fingerprint density at radius 2 is 1.75 bits per heavy atom. The molecule has 10 heteroatoms. The Balaban J connectivity index is 0.00000361. The van der Waals surface area contributed by atoms with E-state index in [4.69, 9.17) is 0 Å². The normalized spacial score (nSPS) is 48.4. The van der Waals surface area contributed by atoms with E-state index >= 15 is 0 Å². The van der Waals surface area contributed by atoms with Crippen molar-refractivity contribution in [1.82, 2.24) is 0 Å². The molecule has 0 amide bonds. The van der Waals surface area contributed by atoms with Gasteiger partial charge in [0.05, 0.1) is 30.5 Å². The summed E-state index contributed by atoms with van der Waals surface area (Å²) in [6, 6.07) is 0. The molecular formula is C26H43NaO8S. The van der Waals surface area contributed by atoms with Gasteiger partial charge >= 0.3 is 29.6 Å². The Kier molecular flexibility index (Phi) is 9.28. The van der Waals surface area contributed by atoms with Crippen LogP contribution in [-0.4, -0.2) is 63.9 Å². The van der Waals surface area contributed by atoms with E-state index in [0.717, 1.165) is 12.8 Å². The van der Waals surface area contributed by atoms with Crippen molar-refractivity contribution in [3.63, 3.8) is 0 Å². The molecule has 4 N–H and O–H groups in total. The zero-order chi connectivity index (χ0) is 26.0. The summed E-state index contributed by atoms with van der Waals surface area (Å²) in [5.41, 5.74) is -1.91. The van der Waals surface area contributed by atoms with Gasteiger partial charge in [0.15, 0.2) is 0 Å². The average molecular weight is 539 g/mol. The van der Waals surface area contributed by atoms with Gasteiger partial charge in [-0.2, -0.15) is 0 Å². The van der Waals surface area contributed by atoms with Crippen molar-refractivity contribution in [2.24, 2.45) is 46.3 Å². The van der Waals surface area contributed by atoms with Crippen molar-refractivity contribution in [1.29, 1.82) is 0 Å². The molecule has 0 bridgehead atoms. The molecule has 36 heavy (non-hydrogen) atoms. The standard InChI is InChI=1S/C26H44O8S.Na/c1-15(14-34-35(31,32)33)5-6-16(2)20-12-21(28)23-18-11-22(29)26(30)13-17(27)7-10-25(26,4)19(18)8-9-24(20,23)3;/h5-6,15-23,27-30H,7-14H2,1-4H3,(H,31,32,33);/q;+1/p-1/b6-5+;/t15?,16-,17+,18-,19?,20-,21+,22-,23-,24-,25-,26+;/m1./s1. The monoisotopic (exact) mass is 538 g/mol. The van der Waals surface area contributed by atoms with E-state index in [1.807, 2.05) is 12.2 Å². The van der Waals surface area contributed by atoms with Gasteiger partial charge in [-0.05, 0) is 79.4 Å². The second-order valence-electron chi connectivity index (χ2n) is 12.7. The Morgan fingerprint density at radius 3 is 2.39 bits per heavy atom. The van der Waals surface area contributed by atoms with E-state index < -0.39 is 39.7 Å². The molecule has 0 aliphatic heterocycles. The molecule has 0 saturated heterocycles. The summed E-state index contributed by atoms with van der Waals surface area (Å²) in [5, 5.41) is 44.4.